The Balaban J connectivity index is -0.000000377. The molecule has 0 aromatic rings. The lowest BCUT2D eigenvalue weighted by atomic mass is 10.1. The minimum Gasteiger partial charge on any atom is -0.481 e. The summed E-state index contributed by atoms with van der Waals surface area (Å²) < 4.78 is 33.9. The van der Waals surface area contributed by atoms with Crippen molar-refractivity contribution in [3.8, 4) is 0 Å². The van der Waals surface area contributed by atoms with E-state index < -0.39 is 58.5 Å². The third kappa shape index (κ3) is 57.6. The van der Waals surface area contributed by atoms with Crippen LogP contribution in [0.5, 0.6) is 0 Å². The predicted molar refractivity (Wildman–Crippen MR) is 240 cm³/mol. The summed E-state index contributed by atoms with van der Waals surface area (Å²) in [5, 5.41) is 16.8. The summed E-state index contributed by atoms with van der Waals surface area (Å²) in [5.41, 5.74) is -2.26. The van der Waals surface area contributed by atoms with Gasteiger partial charge in [-0.2, -0.15) is 0 Å². The van der Waals surface area contributed by atoms with Crippen LogP contribution in [0.2, 0.25) is 0 Å². The van der Waals surface area contributed by atoms with E-state index >= 15 is 0 Å². The number of carbonyl (C=O) groups excluding carboxylic acids is 6. The van der Waals surface area contributed by atoms with Gasteiger partial charge in [0.2, 0.25) is 0 Å². The molecule has 0 aromatic carbocycles. The molecule has 1 aliphatic rings. The summed E-state index contributed by atoms with van der Waals surface area (Å²) in [6.45, 7) is 27.1. The van der Waals surface area contributed by atoms with Gasteiger partial charge in [0.1, 0.15) is 16.8 Å². The third-order valence-electron chi connectivity index (χ3n) is 6.70. The van der Waals surface area contributed by atoms with E-state index in [2.05, 4.69) is 9.47 Å². The van der Waals surface area contributed by atoms with Crippen LogP contribution in [0.1, 0.15) is 154 Å². The maximum Gasteiger partial charge on any atom is 0.516 e. The van der Waals surface area contributed by atoms with Crippen LogP contribution in [0.4, 0.5) is 19.2 Å². The van der Waals surface area contributed by atoms with E-state index in [1.54, 1.807) is 55.6 Å². The van der Waals surface area contributed by atoms with Crippen LogP contribution in [0.15, 0.2) is 0 Å². The number of carboxylic acid groups (broad SMARTS) is 2. The molecule has 1 fully saturated rings. The van der Waals surface area contributed by atoms with Crippen molar-refractivity contribution in [2.75, 3.05) is 53.6 Å². The van der Waals surface area contributed by atoms with Crippen molar-refractivity contribution in [2.45, 2.75) is 171 Å². The first-order valence-electron chi connectivity index (χ1n) is 21.5. The second-order valence-corrected chi connectivity index (χ2v) is 18.6. The highest BCUT2D eigenvalue weighted by Crippen LogP contribution is 2.12. The number of ether oxygens (including phenoxy) is 7. The molecule has 19 nitrogen and oxygen atoms in total. The topological polar surface area (TPSA) is 248 Å². The Bertz CT molecular complexity index is 1340. The smallest absolute Gasteiger partial charge is 0.481 e. The van der Waals surface area contributed by atoms with Crippen molar-refractivity contribution >= 4 is 59.2 Å². The summed E-state index contributed by atoms with van der Waals surface area (Å²) in [6.07, 6.45) is 3.07. The molecule has 0 saturated carbocycles. The first-order chi connectivity index (χ1) is 29.2. The number of rotatable bonds is 17. The zero-order valence-corrected chi connectivity index (χ0v) is 42.0. The minimum absolute atomic E-state index is 0.0178. The first kappa shape index (κ1) is 66.2. The number of hydrogen-bond acceptors (Lipinski definition) is 15. The van der Waals surface area contributed by atoms with E-state index in [0.29, 0.717) is 57.7 Å². The van der Waals surface area contributed by atoms with Crippen LogP contribution in [-0.4, -0.2) is 138 Å². The average Bonchev–Trinajstić information content (AvgIpc) is 3.71. The molecular weight excluding hydrogens is 864 g/mol. The number of unbranched alkanes of at least 4 members (excludes halogenated alkanes) is 1. The summed E-state index contributed by atoms with van der Waals surface area (Å²) >= 11 is 4.86. The van der Waals surface area contributed by atoms with Gasteiger partial charge in [0.15, 0.2) is 0 Å². The lowest BCUT2D eigenvalue weighted by Crippen LogP contribution is -2.34. The molecule has 0 atom stereocenters. The normalized spacial score (nSPS) is 11.8. The third-order valence-corrected chi connectivity index (χ3v) is 6.81. The van der Waals surface area contributed by atoms with Crippen LogP contribution < -0.4 is 0 Å². The molecule has 1 heterocycles. The van der Waals surface area contributed by atoms with Crippen molar-refractivity contribution in [1.29, 1.82) is 0 Å². The maximum absolute atomic E-state index is 11.7. The van der Waals surface area contributed by atoms with Crippen molar-refractivity contribution in [3.05, 3.63) is 0 Å². The number of carboxylic acids is 2. The number of carbonyl (C=O) groups is 8. The Morgan fingerprint density at radius 3 is 1.25 bits per heavy atom. The van der Waals surface area contributed by atoms with Crippen LogP contribution in [-0.2, 0) is 52.3 Å². The Labute approximate surface area is 386 Å². The SMILES string of the molecule is C1CCOC1.CC(C)(C)OC(=O)CCCCC(=O)O.CC(C)COC(=O)Cl.CC(C)COC(=O)OC(=O)CCCN(C)C(=O)OC(C)(C)C.CN(CCCC(=O)O)C(=O)OC(C)(C)C. The van der Waals surface area contributed by atoms with E-state index in [9.17, 15) is 38.4 Å². The molecule has 0 aliphatic carbocycles. The van der Waals surface area contributed by atoms with Crippen molar-refractivity contribution in [2.24, 2.45) is 11.8 Å². The summed E-state index contributed by atoms with van der Waals surface area (Å²) in [6, 6.07) is 0. The zero-order valence-electron chi connectivity index (χ0n) is 41.3. The molecule has 1 saturated heterocycles. The summed E-state index contributed by atoms with van der Waals surface area (Å²) in [4.78, 5) is 89.8. The number of hydrogen-bond donors (Lipinski definition) is 2. The van der Waals surface area contributed by atoms with E-state index in [-0.39, 0.29) is 37.8 Å². The molecule has 0 bridgehead atoms. The van der Waals surface area contributed by atoms with E-state index in [1.807, 2.05) is 48.5 Å². The number of halogens is 1. The molecule has 0 aromatic heterocycles. The van der Waals surface area contributed by atoms with Gasteiger partial charge in [-0.15, -0.1) is 0 Å². The molecule has 2 N–H and O–H groups in total. The standard InChI is InChI=1S/C15H27NO6.C10H19NO4.C10H18O4.C5H9ClO2.C4H8O/c1-11(2)10-20-14(19)21-12(17)8-7-9-16(6)13(18)22-15(3,4)5;1-10(2,3)15-9(14)11(4)7-5-6-8(12)13;1-10(2,3)14-9(13)7-5-4-6-8(11)12;1-4(2)3-8-5(6)7;1-2-4-5-3-1/h11H,7-10H2,1-6H3;5-7H2,1-4H3,(H,12,13);4-7H2,1-3H3,(H,11,12);4H,3H2,1-2H3;1-4H2. The predicted octanol–water partition coefficient (Wildman–Crippen LogP) is 9.48. The van der Waals surface area contributed by atoms with Gasteiger partial charge in [-0.05, 0) is 113 Å². The summed E-state index contributed by atoms with van der Waals surface area (Å²) in [7, 11) is 3.17. The van der Waals surface area contributed by atoms with Crippen molar-refractivity contribution < 1.29 is 81.7 Å². The van der Waals surface area contributed by atoms with Gasteiger partial charge in [0.05, 0.1) is 13.2 Å². The molecule has 376 valence electrons. The summed E-state index contributed by atoms with van der Waals surface area (Å²) in [5.74, 6) is -2.08. The minimum atomic E-state index is -0.987. The molecule has 0 spiro atoms. The second kappa shape index (κ2) is 36.9. The maximum atomic E-state index is 11.7. The highest BCUT2D eigenvalue weighted by molar-refractivity contribution is 6.61. The Hall–Kier alpha value is -4.39. The van der Waals surface area contributed by atoms with Gasteiger partial charge in [-0.25, -0.2) is 19.2 Å². The van der Waals surface area contributed by atoms with Crippen LogP contribution in [0.3, 0.4) is 0 Å². The van der Waals surface area contributed by atoms with E-state index in [1.165, 1.54) is 22.6 Å². The zero-order chi connectivity index (χ0) is 50.7. The van der Waals surface area contributed by atoms with Crippen molar-refractivity contribution in [3.63, 3.8) is 0 Å². The Morgan fingerprint density at radius 1 is 0.562 bits per heavy atom. The van der Waals surface area contributed by atoms with Crippen molar-refractivity contribution in [1.82, 2.24) is 9.80 Å². The fourth-order valence-electron chi connectivity index (χ4n) is 3.88. The monoisotopic (exact) mass is 945 g/mol. The van der Waals surface area contributed by atoms with Gasteiger partial charge >= 0.3 is 47.6 Å². The lowest BCUT2D eigenvalue weighted by Gasteiger charge is -2.24. The van der Waals surface area contributed by atoms with Gasteiger partial charge < -0.3 is 53.2 Å². The number of nitrogens with zero attached hydrogens (tertiary/aromatic N) is 2. The van der Waals surface area contributed by atoms with Crippen LogP contribution in [0.25, 0.3) is 0 Å². The fraction of sp³-hybridized carbons (Fsp3) is 0.818. The number of esters is 2. The molecule has 1 rings (SSSR count). The first-order valence-corrected chi connectivity index (χ1v) is 21.9. The molecule has 0 radical (unpaired) electrons. The molecular formula is C44H81ClN2O17. The highest BCUT2D eigenvalue weighted by atomic mass is 35.5. The van der Waals surface area contributed by atoms with Gasteiger partial charge in [0, 0.05) is 77.7 Å². The molecule has 1 aliphatic heterocycles. The lowest BCUT2D eigenvalue weighted by molar-refractivity contribution is -0.155. The second-order valence-electron chi connectivity index (χ2n) is 18.3. The Kier molecular flexibility index (Phi) is 38.2. The van der Waals surface area contributed by atoms with Crippen LogP contribution in [0, 0.1) is 11.8 Å². The van der Waals surface area contributed by atoms with Gasteiger partial charge in [-0.1, -0.05) is 27.7 Å². The highest BCUT2D eigenvalue weighted by Gasteiger charge is 2.21. The average molecular weight is 946 g/mol. The van der Waals surface area contributed by atoms with E-state index in [0.717, 1.165) is 13.2 Å². The van der Waals surface area contributed by atoms with E-state index in [4.69, 9.17) is 45.5 Å². The largest absolute Gasteiger partial charge is 0.516 e. The Morgan fingerprint density at radius 2 is 0.922 bits per heavy atom. The fourth-order valence-corrected chi connectivity index (χ4v) is 3.94. The molecule has 64 heavy (non-hydrogen) atoms. The number of aliphatic carboxylic acids is 2. The van der Waals surface area contributed by atoms with Crippen LogP contribution >= 0.6 is 11.6 Å². The molecule has 0 unspecified atom stereocenters. The van der Waals surface area contributed by atoms with Gasteiger partial charge in [0.25, 0.3) is 0 Å². The van der Waals surface area contributed by atoms with Gasteiger partial charge in [-0.3, -0.25) is 19.2 Å². The molecule has 2 amide bonds. The molecule has 20 heteroatoms. The quantitative estimate of drug-likeness (QED) is 0.0453. The number of amides is 2.